The van der Waals surface area contributed by atoms with Crippen molar-refractivity contribution in [1.82, 2.24) is 24.6 Å². The van der Waals surface area contributed by atoms with E-state index in [-0.39, 0.29) is 5.91 Å². The number of para-hydroxylation sites is 1. The standard InChI is InChI=1S/C24H24N6O/c1-18-14-23(27-22-5-3-2-4-21(18)22)28-10-12-29(13-11-28)24(31)20-8-6-19(7-9-20)15-30-17-25-16-26-30/h2-9,14,16-17H,10-13,15H2,1H3. The first-order chi connectivity index (χ1) is 15.2. The van der Waals surface area contributed by atoms with Crippen molar-refractivity contribution in [1.29, 1.82) is 0 Å². The van der Waals surface area contributed by atoms with Crippen LogP contribution in [0.1, 0.15) is 21.5 Å². The van der Waals surface area contributed by atoms with Crippen molar-refractivity contribution in [3.8, 4) is 0 Å². The van der Waals surface area contributed by atoms with E-state index in [2.05, 4.69) is 40.1 Å². The molecule has 0 unspecified atom stereocenters. The normalized spacial score (nSPS) is 14.2. The van der Waals surface area contributed by atoms with Gasteiger partial charge in [0.25, 0.3) is 5.91 Å². The lowest BCUT2D eigenvalue weighted by Crippen LogP contribution is -2.49. The number of anilines is 1. The van der Waals surface area contributed by atoms with Gasteiger partial charge in [-0.15, -0.1) is 0 Å². The van der Waals surface area contributed by atoms with E-state index in [1.54, 1.807) is 11.0 Å². The minimum atomic E-state index is 0.0783. The fraction of sp³-hybridized carbons (Fsp3) is 0.250. The lowest BCUT2D eigenvalue weighted by atomic mass is 10.1. The number of amides is 1. The molecule has 2 aromatic heterocycles. The van der Waals surface area contributed by atoms with Crippen LogP contribution in [0, 0.1) is 6.92 Å². The van der Waals surface area contributed by atoms with Crippen molar-refractivity contribution in [2.24, 2.45) is 0 Å². The van der Waals surface area contributed by atoms with Gasteiger partial charge in [-0.3, -0.25) is 4.79 Å². The molecule has 1 amide bonds. The first-order valence-electron chi connectivity index (χ1n) is 10.5. The average Bonchev–Trinajstić information content (AvgIpc) is 3.32. The molecule has 1 saturated heterocycles. The summed E-state index contributed by atoms with van der Waals surface area (Å²) in [4.78, 5) is 26.0. The van der Waals surface area contributed by atoms with Crippen LogP contribution >= 0.6 is 0 Å². The minimum absolute atomic E-state index is 0.0783. The Bertz CT molecular complexity index is 1190. The minimum Gasteiger partial charge on any atom is -0.353 e. The second-order valence-corrected chi connectivity index (χ2v) is 7.88. The summed E-state index contributed by atoms with van der Waals surface area (Å²) in [7, 11) is 0. The van der Waals surface area contributed by atoms with Crippen LogP contribution in [0.4, 0.5) is 5.82 Å². The summed E-state index contributed by atoms with van der Waals surface area (Å²) in [6.45, 7) is 5.70. The van der Waals surface area contributed by atoms with E-state index in [4.69, 9.17) is 4.98 Å². The van der Waals surface area contributed by atoms with Crippen LogP contribution < -0.4 is 4.90 Å². The zero-order valence-electron chi connectivity index (χ0n) is 17.5. The van der Waals surface area contributed by atoms with Gasteiger partial charge in [-0.25, -0.2) is 14.6 Å². The van der Waals surface area contributed by atoms with Gasteiger partial charge in [-0.2, -0.15) is 5.10 Å². The first-order valence-corrected chi connectivity index (χ1v) is 10.5. The number of rotatable bonds is 4. The maximum Gasteiger partial charge on any atom is 0.253 e. The number of piperazine rings is 1. The number of hydrogen-bond acceptors (Lipinski definition) is 5. The maximum atomic E-state index is 13.0. The Morgan fingerprint density at radius 1 is 1.00 bits per heavy atom. The van der Waals surface area contributed by atoms with Gasteiger partial charge in [0.2, 0.25) is 0 Å². The van der Waals surface area contributed by atoms with Crippen LogP contribution in [-0.4, -0.2) is 56.7 Å². The second-order valence-electron chi connectivity index (χ2n) is 7.88. The van der Waals surface area contributed by atoms with Crippen LogP contribution in [-0.2, 0) is 6.54 Å². The van der Waals surface area contributed by atoms with Gasteiger partial charge in [0.15, 0.2) is 0 Å². The van der Waals surface area contributed by atoms with Crippen LogP contribution in [0.25, 0.3) is 10.9 Å². The topological polar surface area (TPSA) is 67.2 Å². The number of hydrogen-bond donors (Lipinski definition) is 0. The number of aromatic nitrogens is 4. The number of carbonyl (C=O) groups is 1. The van der Waals surface area contributed by atoms with E-state index in [0.29, 0.717) is 19.6 Å². The fourth-order valence-corrected chi connectivity index (χ4v) is 4.07. The van der Waals surface area contributed by atoms with E-state index in [9.17, 15) is 4.79 Å². The molecule has 0 aliphatic carbocycles. The third-order valence-electron chi connectivity index (χ3n) is 5.81. The second kappa shape index (κ2) is 8.18. The SMILES string of the molecule is Cc1cc(N2CCN(C(=O)c3ccc(Cn4cncn4)cc3)CC2)nc2ccccc12. The largest absolute Gasteiger partial charge is 0.353 e. The number of pyridine rings is 1. The molecule has 7 heteroatoms. The van der Waals surface area contributed by atoms with Crippen molar-refractivity contribution in [2.75, 3.05) is 31.1 Å². The van der Waals surface area contributed by atoms with Gasteiger partial charge in [-0.05, 0) is 42.3 Å². The molecule has 0 bridgehead atoms. The van der Waals surface area contributed by atoms with E-state index in [0.717, 1.165) is 35.6 Å². The zero-order valence-corrected chi connectivity index (χ0v) is 17.5. The van der Waals surface area contributed by atoms with E-state index in [1.165, 1.54) is 17.3 Å². The lowest BCUT2D eigenvalue weighted by molar-refractivity contribution is 0.0746. The third-order valence-corrected chi connectivity index (χ3v) is 5.81. The molecule has 5 rings (SSSR count). The van der Waals surface area contributed by atoms with Crippen LogP contribution in [0.2, 0.25) is 0 Å². The summed E-state index contributed by atoms with van der Waals surface area (Å²) in [5.41, 5.74) is 4.05. The van der Waals surface area contributed by atoms with Gasteiger partial charge >= 0.3 is 0 Å². The Hall–Kier alpha value is -3.74. The Morgan fingerprint density at radius 2 is 1.77 bits per heavy atom. The molecule has 31 heavy (non-hydrogen) atoms. The molecule has 3 heterocycles. The molecule has 0 saturated carbocycles. The van der Waals surface area contributed by atoms with E-state index >= 15 is 0 Å². The van der Waals surface area contributed by atoms with Crippen LogP contribution in [0.3, 0.4) is 0 Å². The molecule has 7 nitrogen and oxygen atoms in total. The molecule has 1 aliphatic heterocycles. The van der Waals surface area contributed by atoms with Crippen molar-refractivity contribution in [3.05, 3.63) is 83.9 Å². The number of carbonyl (C=O) groups excluding carboxylic acids is 1. The Labute approximate surface area is 181 Å². The summed E-state index contributed by atoms with van der Waals surface area (Å²) >= 11 is 0. The predicted molar refractivity (Wildman–Crippen MR) is 120 cm³/mol. The van der Waals surface area contributed by atoms with E-state index in [1.807, 2.05) is 41.3 Å². The van der Waals surface area contributed by atoms with Crippen LogP contribution in [0.5, 0.6) is 0 Å². The highest BCUT2D eigenvalue weighted by molar-refractivity contribution is 5.94. The zero-order chi connectivity index (χ0) is 21.2. The summed E-state index contributed by atoms with van der Waals surface area (Å²) in [6.07, 6.45) is 3.21. The number of benzene rings is 2. The monoisotopic (exact) mass is 412 g/mol. The molecule has 0 spiro atoms. The molecular weight excluding hydrogens is 388 g/mol. The summed E-state index contributed by atoms with van der Waals surface area (Å²) in [6, 6.07) is 18.1. The highest BCUT2D eigenvalue weighted by Gasteiger charge is 2.23. The molecule has 2 aromatic carbocycles. The highest BCUT2D eigenvalue weighted by Crippen LogP contribution is 2.23. The van der Waals surface area contributed by atoms with Crippen molar-refractivity contribution < 1.29 is 4.79 Å². The smallest absolute Gasteiger partial charge is 0.253 e. The molecule has 4 aromatic rings. The van der Waals surface area contributed by atoms with Gasteiger partial charge in [0.05, 0.1) is 12.1 Å². The van der Waals surface area contributed by atoms with Crippen molar-refractivity contribution in [3.63, 3.8) is 0 Å². The molecule has 1 fully saturated rings. The fourth-order valence-electron chi connectivity index (χ4n) is 4.07. The van der Waals surface area contributed by atoms with Gasteiger partial charge in [0, 0.05) is 37.1 Å². The summed E-state index contributed by atoms with van der Waals surface area (Å²) in [5, 5.41) is 5.30. The third kappa shape index (κ3) is 3.99. The molecule has 156 valence electrons. The van der Waals surface area contributed by atoms with E-state index < -0.39 is 0 Å². The Morgan fingerprint density at radius 3 is 2.52 bits per heavy atom. The molecule has 1 aliphatic rings. The van der Waals surface area contributed by atoms with Crippen LogP contribution in [0.15, 0.2) is 67.3 Å². The molecular formula is C24H24N6O. The Balaban J connectivity index is 1.23. The first kappa shape index (κ1) is 19.2. The number of aryl methyl sites for hydroxylation is 1. The van der Waals surface area contributed by atoms with Gasteiger partial charge in [-0.1, -0.05) is 30.3 Å². The lowest BCUT2D eigenvalue weighted by Gasteiger charge is -2.35. The van der Waals surface area contributed by atoms with Gasteiger partial charge in [0.1, 0.15) is 18.5 Å². The maximum absolute atomic E-state index is 13.0. The average molecular weight is 412 g/mol. The summed E-state index contributed by atoms with van der Waals surface area (Å²) < 4.78 is 1.76. The molecule has 0 atom stereocenters. The quantitative estimate of drug-likeness (QED) is 0.515. The number of nitrogens with zero attached hydrogens (tertiary/aromatic N) is 6. The predicted octanol–water partition coefficient (Wildman–Crippen LogP) is 3.15. The Kier molecular flexibility index (Phi) is 5.08. The van der Waals surface area contributed by atoms with Gasteiger partial charge < -0.3 is 9.80 Å². The highest BCUT2D eigenvalue weighted by atomic mass is 16.2. The molecule has 0 N–H and O–H groups in total. The van der Waals surface area contributed by atoms with Crippen molar-refractivity contribution >= 4 is 22.6 Å². The van der Waals surface area contributed by atoms with Crippen molar-refractivity contribution in [2.45, 2.75) is 13.5 Å². The molecule has 0 radical (unpaired) electrons. The summed E-state index contributed by atoms with van der Waals surface area (Å²) in [5.74, 6) is 1.07. The number of fused-ring (bicyclic) bond motifs is 1.